The summed E-state index contributed by atoms with van der Waals surface area (Å²) in [6, 6.07) is 17.9. The van der Waals surface area contributed by atoms with Crippen molar-refractivity contribution < 1.29 is 26.3 Å². The molecule has 6 rings (SSSR count). The average Bonchev–Trinajstić information content (AvgIpc) is 3.14. The number of alkyl halides is 6. The van der Waals surface area contributed by atoms with E-state index in [0.29, 0.717) is 20.9 Å². The number of fused-ring (bicyclic) bond motifs is 1. The largest absolute Gasteiger partial charge is 0.380 e. The molecule has 2 aromatic rings. The van der Waals surface area contributed by atoms with E-state index >= 15 is 17.6 Å². The number of benzene rings is 2. The molecule has 0 spiro atoms. The van der Waals surface area contributed by atoms with E-state index in [0.717, 1.165) is 0 Å². The lowest BCUT2D eigenvalue weighted by Gasteiger charge is -2.52. The summed E-state index contributed by atoms with van der Waals surface area (Å²) in [6.45, 7) is 3.45. The predicted octanol–water partition coefficient (Wildman–Crippen LogP) is 8.81. The number of allylic oxidation sites excluding steroid dienone is 6. The topological polar surface area (TPSA) is 0 Å². The van der Waals surface area contributed by atoms with Gasteiger partial charge in [0.15, 0.2) is 0 Å². The highest BCUT2D eigenvalue weighted by Crippen LogP contribution is 2.77. The zero-order valence-corrected chi connectivity index (χ0v) is 20.1. The van der Waals surface area contributed by atoms with Crippen LogP contribution in [0.5, 0.6) is 0 Å². The van der Waals surface area contributed by atoms with Gasteiger partial charge in [0.2, 0.25) is 0 Å². The number of thioether (sulfide) groups is 2. The first-order chi connectivity index (χ1) is 16.4. The van der Waals surface area contributed by atoms with Crippen molar-refractivity contribution in [3.05, 3.63) is 106 Å². The summed E-state index contributed by atoms with van der Waals surface area (Å²) in [5.74, 6) is -15.6. The van der Waals surface area contributed by atoms with Crippen LogP contribution in [-0.4, -0.2) is 21.8 Å². The van der Waals surface area contributed by atoms with E-state index < -0.39 is 38.4 Å². The second kappa shape index (κ2) is 6.91. The first kappa shape index (κ1) is 23.1. The van der Waals surface area contributed by atoms with Crippen LogP contribution >= 0.6 is 23.5 Å². The van der Waals surface area contributed by atoms with Gasteiger partial charge in [-0.25, -0.2) is 0 Å². The van der Waals surface area contributed by atoms with Crippen molar-refractivity contribution in [2.24, 2.45) is 5.41 Å². The highest BCUT2D eigenvalue weighted by Gasteiger charge is 2.84. The normalized spacial score (nSPS) is 31.7. The van der Waals surface area contributed by atoms with E-state index in [-0.39, 0.29) is 11.1 Å². The first-order valence-electron chi connectivity index (χ1n) is 10.9. The minimum atomic E-state index is -5.53. The number of halogens is 6. The maximum Gasteiger partial charge on any atom is 0.380 e. The molecule has 0 atom stereocenters. The van der Waals surface area contributed by atoms with E-state index in [1.807, 2.05) is 6.92 Å². The fourth-order valence-electron chi connectivity index (χ4n) is 5.46. The third-order valence-corrected chi connectivity index (χ3v) is 10.7. The lowest BCUT2D eigenvalue weighted by molar-refractivity contribution is -0.258. The van der Waals surface area contributed by atoms with Gasteiger partial charge in [-0.1, -0.05) is 60.7 Å². The molecule has 0 saturated heterocycles. The minimum absolute atomic E-state index is 0.152. The van der Waals surface area contributed by atoms with Gasteiger partial charge in [0.25, 0.3) is 0 Å². The zero-order valence-electron chi connectivity index (χ0n) is 18.5. The summed E-state index contributed by atoms with van der Waals surface area (Å²) in [7, 11) is 0. The monoisotopic (exact) mass is 520 g/mol. The van der Waals surface area contributed by atoms with Crippen molar-refractivity contribution in [1.82, 2.24) is 0 Å². The molecular formula is C27H18F6S2. The molecule has 8 heteroatoms. The molecule has 0 bridgehead atoms. The van der Waals surface area contributed by atoms with E-state index in [1.54, 1.807) is 67.6 Å². The Bertz CT molecular complexity index is 1290. The van der Waals surface area contributed by atoms with E-state index in [4.69, 9.17) is 0 Å². The highest BCUT2D eigenvalue weighted by molar-refractivity contribution is 8.26. The molecule has 0 N–H and O–H groups in total. The van der Waals surface area contributed by atoms with Crippen molar-refractivity contribution in [3.8, 4) is 0 Å². The van der Waals surface area contributed by atoms with Crippen LogP contribution in [0.1, 0.15) is 25.0 Å². The Morgan fingerprint density at radius 1 is 0.571 bits per heavy atom. The van der Waals surface area contributed by atoms with Crippen molar-refractivity contribution in [2.75, 3.05) is 0 Å². The molecule has 0 nitrogen and oxygen atoms in total. The third-order valence-electron chi connectivity index (χ3n) is 7.47. The van der Waals surface area contributed by atoms with E-state index in [1.165, 1.54) is 35.7 Å². The molecular weight excluding hydrogens is 502 g/mol. The molecule has 180 valence electrons. The van der Waals surface area contributed by atoms with Gasteiger partial charge >= 0.3 is 17.8 Å². The number of hydrogen-bond acceptors (Lipinski definition) is 2. The fourth-order valence-corrected chi connectivity index (χ4v) is 8.71. The SMILES string of the molecule is CC12SC(c3ccccc3)=CC3=C4C(=C(C=C(c5ccccc5)S1)C32C)C(F)(F)C(F)(F)C4(F)F. The molecule has 0 radical (unpaired) electrons. The molecule has 2 aliphatic carbocycles. The van der Waals surface area contributed by atoms with Gasteiger partial charge in [-0.15, -0.1) is 23.5 Å². The Balaban J connectivity index is 1.71. The Kier molecular flexibility index (Phi) is 4.56. The van der Waals surface area contributed by atoms with E-state index in [9.17, 15) is 8.78 Å². The Hall–Kier alpha value is -2.32. The molecule has 0 aromatic heterocycles. The molecule has 1 fully saturated rings. The summed E-state index contributed by atoms with van der Waals surface area (Å²) in [5.41, 5.74) is -2.67. The van der Waals surface area contributed by atoms with Crippen LogP contribution in [0.2, 0.25) is 0 Å². The second-order valence-electron chi connectivity index (χ2n) is 9.32. The molecule has 4 aliphatic rings. The quantitative estimate of drug-likeness (QED) is 0.363. The van der Waals surface area contributed by atoms with Crippen molar-refractivity contribution in [2.45, 2.75) is 35.7 Å². The van der Waals surface area contributed by atoms with Gasteiger partial charge in [0.05, 0.1) is 4.08 Å². The molecule has 2 heterocycles. The van der Waals surface area contributed by atoms with Crippen LogP contribution in [0.4, 0.5) is 26.3 Å². The molecule has 0 unspecified atom stereocenters. The van der Waals surface area contributed by atoms with Gasteiger partial charge in [0.1, 0.15) is 0 Å². The Morgan fingerprint density at radius 3 is 1.31 bits per heavy atom. The Labute approximate surface area is 206 Å². The zero-order chi connectivity index (χ0) is 25.0. The number of rotatable bonds is 2. The molecule has 0 amide bonds. The highest BCUT2D eigenvalue weighted by atomic mass is 32.2. The molecule has 2 aliphatic heterocycles. The molecule has 35 heavy (non-hydrogen) atoms. The van der Waals surface area contributed by atoms with Gasteiger partial charge < -0.3 is 0 Å². The van der Waals surface area contributed by atoms with Gasteiger partial charge in [-0.3, -0.25) is 0 Å². The predicted molar refractivity (Wildman–Crippen MR) is 129 cm³/mol. The standard InChI is InChI=1S/C27H18F6S2/c1-23-17-13-19(15-9-5-3-6-10-15)34-24(23,2)35-20(16-11-7-4-8-12-16)14-18(23)22-21(17)25(28,29)27(32,33)26(22,30)31/h3-14H,1-2H3. The maximum atomic E-state index is 15.3. The summed E-state index contributed by atoms with van der Waals surface area (Å²) in [6.07, 6.45) is 2.83. The van der Waals surface area contributed by atoms with Gasteiger partial charge in [-0.05, 0) is 48.3 Å². The van der Waals surface area contributed by atoms with E-state index in [2.05, 4.69) is 0 Å². The lowest BCUT2D eigenvalue weighted by atomic mass is 9.72. The first-order valence-corrected chi connectivity index (χ1v) is 12.6. The summed E-state index contributed by atoms with van der Waals surface area (Å²) in [5, 5.41) is 0. The van der Waals surface area contributed by atoms with Gasteiger partial charge in [0, 0.05) is 26.4 Å². The smallest absolute Gasteiger partial charge is 0.194 e. The van der Waals surface area contributed by atoms with Crippen LogP contribution in [0.25, 0.3) is 9.81 Å². The van der Waals surface area contributed by atoms with Crippen molar-refractivity contribution in [3.63, 3.8) is 0 Å². The third kappa shape index (κ3) is 2.65. The summed E-state index contributed by atoms with van der Waals surface area (Å²) >= 11 is 2.78. The van der Waals surface area contributed by atoms with Crippen LogP contribution < -0.4 is 0 Å². The Morgan fingerprint density at radius 2 is 0.943 bits per heavy atom. The lowest BCUT2D eigenvalue weighted by Crippen LogP contribution is -2.50. The summed E-state index contributed by atoms with van der Waals surface area (Å²) < 4.78 is 89.4. The number of hydrogen-bond donors (Lipinski definition) is 0. The minimum Gasteiger partial charge on any atom is -0.194 e. The molecule has 1 saturated carbocycles. The molecule has 2 aromatic carbocycles. The van der Waals surface area contributed by atoms with Crippen LogP contribution in [-0.2, 0) is 0 Å². The maximum absolute atomic E-state index is 15.3. The fraction of sp³-hybridized carbons (Fsp3) is 0.259. The second-order valence-corrected chi connectivity index (χ2v) is 12.5. The van der Waals surface area contributed by atoms with Gasteiger partial charge in [-0.2, -0.15) is 26.3 Å². The average molecular weight is 521 g/mol. The van der Waals surface area contributed by atoms with Crippen LogP contribution in [0.3, 0.4) is 0 Å². The van der Waals surface area contributed by atoms with Crippen molar-refractivity contribution in [1.29, 1.82) is 0 Å². The van der Waals surface area contributed by atoms with Crippen molar-refractivity contribution >= 4 is 33.3 Å². The summed E-state index contributed by atoms with van der Waals surface area (Å²) in [4.78, 5) is 1.15. The van der Waals surface area contributed by atoms with Crippen LogP contribution in [0, 0.1) is 5.41 Å². The van der Waals surface area contributed by atoms with Crippen LogP contribution in [0.15, 0.2) is 95.1 Å².